The molecule has 3 rings (SSSR count). The number of pyridine rings is 1. The van der Waals surface area contributed by atoms with Crippen molar-refractivity contribution in [1.29, 1.82) is 0 Å². The molecule has 0 aliphatic carbocycles. The molecule has 1 amide bonds. The number of nitrogens with one attached hydrogen (secondary N) is 1. The van der Waals surface area contributed by atoms with Crippen LogP contribution in [0.2, 0.25) is 5.02 Å². The summed E-state index contributed by atoms with van der Waals surface area (Å²) < 4.78 is 0. The molecular formula is C18H14ClN3O3S. The summed E-state index contributed by atoms with van der Waals surface area (Å²) in [7, 11) is 0. The van der Waals surface area contributed by atoms with Gasteiger partial charge in [-0.25, -0.2) is 0 Å². The van der Waals surface area contributed by atoms with Gasteiger partial charge in [-0.15, -0.1) is 11.8 Å². The fourth-order valence-electron chi connectivity index (χ4n) is 2.45. The maximum atomic E-state index is 12.2. The van der Waals surface area contributed by atoms with Crippen molar-refractivity contribution >= 4 is 51.5 Å². The second-order valence-corrected chi connectivity index (χ2v) is 6.88. The number of halogens is 1. The summed E-state index contributed by atoms with van der Waals surface area (Å²) >= 11 is 7.25. The van der Waals surface area contributed by atoms with Crippen molar-refractivity contribution < 1.29 is 9.72 Å². The standard InChI is InChI=1S/C18H14ClN3O3S/c19-13-5-1-8-16(22(24)25)18(13)26-11-9-17(23)21-15-7-2-6-14-12(15)4-3-10-20-14/h1-8,10H,9,11H2,(H,21,23). The molecule has 1 heterocycles. The third-order valence-corrected chi connectivity index (χ3v) is 5.19. The Morgan fingerprint density at radius 2 is 2.00 bits per heavy atom. The van der Waals surface area contributed by atoms with Gasteiger partial charge in [-0.05, 0) is 30.3 Å². The number of thioether (sulfide) groups is 1. The number of hydrogen-bond donors (Lipinski definition) is 1. The second kappa shape index (κ2) is 8.16. The summed E-state index contributed by atoms with van der Waals surface area (Å²) in [4.78, 5) is 27.5. The molecule has 1 N–H and O–H groups in total. The molecule has 132 valence electrons. The highest BCUT2D eigenvalue weighted by molar-refractivity contribution is 7.99. The van der Waals surface area contributed by atoms with Crippen LogP contribution in [0.3, 0.4) is 0 Å². The molecule has 0 aliphatic rings. The van der Waals surface area contributed by atoms with E-state index >= 15 is 0 Å². The number of aromatic nitrogens is 1. The Bertz CT molecular complexity index is 976. The normalized spacial score (nSPS) is 10.7. The maximum Gasteiger partial charge on any atom is 0.284 e. The summed E-state index contributed by atoms with van der Waals surface area (Å²) in [5.74, 6) is 0.197. The Morgan fingerprint density at radius 1 is 1.19 bits per heavy atom. The van der Waals surface area contributed by atoms with Crippen molar-refractivity contribution in [2.75, 3.05) is 11.1 Å². The van der Waals surface area contributed by atoms with Gasteiger partial charge in [0.15, 0.2) is 0 Å². The molecule has 0 saturated carbocycles. The van der Waals surface area contributed by atoms with Crippen molar-refractivity contribution in [3.63, 3.8) is 0 Å². The number of benzene rings is 2. The molecular weight excluding hydrogens is 374 g/mol. The number of nitro groups is 1. The molecule has 0 bridgehead atoms. The first kappa shape index (κ1) is 18.2. The fraction of sp³-hybridized carbons (Fsp3) is 0.111. The van der Waals surface area contributed by atoms with E-state index in [4.69, 9.17) is 11.6 Å². The summed E-state index contributed by atoms with van der Waals surface area (Å²) in [6.07, 6.45) is 1.89. The average Bonchev–Trinajstić information content (AvgIpc) is 2.63. The van der Waals surface area contributed by atoms with Gasteiger partial charge < -0.3 is 5.32 Å². The molecule has 2 aromatic carbocycles. The van der Waals surface area contributed by atoms with Gasteiger partial charge in [-0.1, -0.05) is 23.7 Å². The predicted molar refractivity (Wildman–Crippen MR) is 104 cm³/mol. The van der Waals surface area contributed by atoms with Crippen LogP contribution >= 0.6 is 23.4 Å². The number of fused-ring (bicyclic) bond motifs is 1. The molecule has 3 aromatic rings. The van der Waals surface area contributed by atoms with E-state index in [9.17, 15) is 14.9 Å². The lowest BCUT2D eigenvalue weighted by molar-refractivity contribution is -0.387. The molecule has 6 nitrogen and oxygen atoms in total. The van der Waals surface area contributed by atoms with Crippen LogP contribution in [0.5, 0.6) is 0 Å². The third kappa shape index (κ3) is 4.12. The van der Waals surface area contributed by atoms with Crippen LogP contribution < -0.4 is 5.32 Å². The van der Waals surface area contributed by atoms with Crippen LogP contribution in [0.1, 0.15) is 6.42 Å². The topological polar surface area (TPSA) is 85.1 Å². The number of hydrogen-bond acceptors (Lipinski definition) is 5. The minimum absolute atomic E-state index is 0.0527. The van der Waals surface area contributed by atoms with E-state index in [1.54, 1.807) is 12.3 Å². The first-order chi connectivity index (χ1) is 12.6. The van der Waals surface area contributed by atoms with E-state index in [1.165, 1.54) is 23.9 Å². The number of amides is 1. The second-order valence-electron chi connectivity index (χ2n) is 5.37. The van der Waals surface area contributed by atoms with Crippen LogP contribution in [0.4, 0.5) is 11.4 Å². The molecule has 8 heteroatoms. The van der Waals surface area contributed by atoms with Gasteiger partial charge in [-0.2, -0.15) is 0 Å². The minimum Gasteiger partial charge on any atom is -0.325 e. The predicted octanol–water partition coefficient (Wildman–Crippen LogP) is 4.92. The highest BCUT2D eigenvalue weighted by atomic mass is 35.5. The van der Waals surface area contributed by atoms with Crippen molar-refractivity contribution in [1.82, 2.24) is 4.98 Å². The maximum absolute atomic E-state index is 12.2. The SMILES string of the molecule is O=C(CCSc1c(Cl)cccc1[N+](=O)[O-])Nc1cccc2ncccc12. The number of rotatable bonds is 6. The van der Waals surface area contributed by atoms with Crippen LogP contribution in [0, 0.1) is 10.1 Å². The van der Waals surface area contributed by atoms with Gasteiger partial charge >= 0.3 is 0 Å². The Kier molecular flexibility index (Phi) is 5.70. The van der Waals surface area contributed by atoms with E-state index in [0.29, 0.717) is 21.4 Å². The molecule has 0 spiro atoms. The summed E-state index contributed by atoms with van der Waals surface area (Å²) in [6.45, 7) is 0. The Morgan fingerprint density at radius 3 is 2.81 bits per heavy atom. The van der Waals surface area contributed by atoms with E-state index in [0.717, 1.165) is 10.9 Å². The highest BCUT2D eigenvalue weighted by Crippen LogP contribution is 2.35. The van der Waals surface area contributed by atoms with E-state index in [-0.39, 0.29) is 18.0 Å². The molecule has 0 radical (unpaired) electrons. The van der Waals surface area contributed by atoms with Crippen molar-refractivity contribution in [2.45, 2.75) is 11.3 Å². The average molecular weight is 388 g/mol. The van der Waals surface area contributed by atoms with Gasteiger partial charge in [0.2, 0.25) is 5.91 Å². The number of nitrogens with zero attached hydrogens (tertiary/aromatic N) is 2. The fourth-order valence-corrected chi connectivity index (χ4v) is 3.78. The lowest BCUT2D eigenvalue weighted by Gasteiger charge is -2.09. The van der Waals surface area contributed by atoms with E-state index in [2.05, 4.69) is 10.3 Å². The van der Waals surface area contributed by atoms with Gasteiger partial charge in [-0.3, -0.25) is 19.9 Å². The van der Waals surface area contributed by atoms with Crippen molar-refractivity contribution in [3.8, 4) is 0 Å². The van der Waals surface area contributed by atoms with Crippen LogP contribution in [-0.4, -0.2) is 21.6 Å². The van der Waals surface area contributed by atoms with Gasteiger partial charge in [0.25, 0.3) is 5.69 Å². The lowest BCUT2D eigenvalue weighted by Crippen LogP contribution is -2.12. The Labute approximate surface area is 158 Å². The summed E-state index contributed by atoms with van der Waals surface area (Å²) in [6, 6.07) is 13.7. The molecule has 0 fully saturated rings. The Hall–Kier alpha value is -2.64. The number of nitro benzene ring substituents is 1. The van der Waals surface area contributed by atoms with Crippen LogP contribution in [0.25, 0.3) is 10.9 Å². The van der Waals surface area contributed by atoms with Gasteiger partial charge in [0.05, 0.1) is 21.2 Å². The number of carbonyl (C=O) groups excluding carboxylic acids is 1. The molecule has 0 atom stereocenters. The Balaban J connectivity index is 1.64. The monoisotopic (exact) mass is 387 g/mol. The molecule has 26 heavy (non-hydrogen) atoms. The molecule has 0 aliphatic heterocycles. The van der Waals surface area contributed by atoms with Crippen LogP contribution in [0.15, 0.2) is 59.6 Å². The van der Waals surface area contributed by atoms with E-state index in [1.807, 2.05) is 30.3 Å². The zero-order valence-electron chi connectivity index (χ0n) is 13.5. The largest absolute Gasteiger partial charge is 0.325 e. The quantitative estimate of drug-likeness (QED) is 0.368. The molecule has 0 saturated heterocycles. The summed E-state index contributed by atoms with van der Waals surface area (Å²) in [5, 5.41) is 15.1. The minimum atomic E-state index is -0.475. The zero-order valence-corrected chi connectivity index (χ0v) is 15.1. The highest BCUT2D eigenvalue weighted by Gasteiger charge is 2.17. The summed E-state index contributed by atoms with van der Waals surface area (Å²) in [5.41, 5.74) is 1.43. The van der Waals surface area contributed by atoms with Crippen LogP contribution in [-0.2, 0) is 4.79 Å². The first-order valence-corrected chi connectivity index (χ1v) is 9.12. The third-order valence-electron chi connectivity index (χ3n) is 3.64. The van der Waals surface area contributed by atoms with E-state index < -0.39 is 4.92 Å². The lowest BCUT2D eigenvalue weighted by atomic mass is 10.2. The smallest absolute Gasteiger partial charge is 0.284 e. The first-order valence-electron chi connectivity index (χ1n) is 7.75. The zero-order chi connectivity index (χ0) is 18.5. The van der Waals surface area contributed by atoms with Gasteiger partial charge in [0.1, 0.15) is 4.90 Å². The van der Waals surface area contributed by atoms with Crippen molar-refractivity contribution in [3.05, 3.63) is 69.9 Å². The van der Waals surface area contributed by atoms with Crippen molar-refractivity contribution in [2.24, 2.45) is 0 Å². The molecule has 0 unspecified atom stereocenters. The number of anilines is 1. The van der Waals surface area contributed by atoms with Gasteiger partial charge in [0, 0.05) is 29.8 Å². The molecule has 1 aromatic heterocycles. The number of carbonyl (C=O) groups is 1.